The van der Waals surface area contributed by atoms with Crippen LogP contribution in [0.25, 0.3) is 34.7 Å². The molecule has 3 N–H and O–H groups in total. The van der Waals surface area contributed by atoms with Gasteiger partial charge in [0.05, 0.1) is 49.2 Å². The summed E-state index contributed by atoms with van der Waals surface area (Å²) in [5, 5.41) is 20.9. The van der Waals surface area contributed by atoms with E-state index in [9.17, 15) is 9.59 Å². The van der Waals surface area contributed by atoms with Gasteiger partial charge in [0.15, 0.2) is 11.6 Å². The fraction of sp³-hybridized carbons (Fsp3) is 0.333. The van der Waals surface area contributed by atoms with Crippen LogP contribution in [-0.2, 0) is 9.47 Å². The average Bonchev–Trinajstić information content (AvgIpc) is 3.60. The SMILES string of the molecule is Cc1ccn(-c2nc(-c3ccc(NC(=O)N(c4ccc(C(=O)N5CCC(N(C)C)C5)cc4)N(C(=O)Nc4ccc(C(=O)N5CCNCC5)cc4)c4ccc(-c5nc(N6CCOCC6)nc(-n6ccc(C)n6)n5)cc4)cc3)nc(N3CCOCC3)n2)n1. The standard InChI is InChI=1S/C60H66N20O6/c1-40-21-27-77(70-40)57-66-51(64-55(68-57)74-31-35-85-36-32-74)42-5-13-46(14-6-42)62-59(83)80(49-19-11-45(12-20-49)54(82)76-26-23-50(39-76)72(3)4)79(60(84)63-47-15-7-44(8-16-47)53(81)73-29-24-61-25-30-73)48-17-9-43(10-18-48)52-65-56(75-33-37-86-38-34-75)69-58(67-52)78-28-22-41(2)71-78/h5-22,27-28,50,61H,23-26,29-39H2,1-4H3,(H,62,83)(H,63,84). The smallest absolute Gasteiger partial charge is 0.345 e. The van der Waals surface area contributed by atoms with Gasteiger partial charge in [-0.15, -0.1) is 0 Å². The number of hydrazine groups is 1. The van der Waals surface area contributed by atoms with Crippen LogP contribution in [0.2, 0.25) is 0 Å². The van der Waals surface area contributed by atoms with Crippen molar-refractivity contribution in [2.24, 2.45) is 0 Å². The number of piperazine rings is 1. The molecular formula is C60H66N20O6. The summed E-state index contributed by atoms with van der Waals surface area (Å²) < 4.78 is 14.5. The number of ether oxygens (including phenoxy) is 2. The van der Waals surface area contributed by atoms with Gasteiger partial charge >= 0.3 is 12.1 Å². The molecule has 4 fully saturated rings. The molecule has 6 amide bonds. The minimum Gasteiger partial charge on any atom is -0.378 e. The summed E-state index contributed by atoms with van der Waals surface area (Å²) in [6.07, 6.45) is 4.42. The van der Waals surface area contributed by atoms with E-state index in [1.807, 2.05) is 54.8 Å². The van der Waals surface area contributed by atoms with Crippen LogP contribution in [0.4, 0.5) is 44.2 Å². The number of hydrogen-bond donors (Lipinski definition) is 3. The van der Waals surface area contributed by atoms with E-state index in [1.54, 1.807) is 124 Å². The second-order valence-electron chi connectivity index (χ2n) is 21.5. The average molecular weight is 1160 g/mol. The van der Waals surface area contributed by atoms with Gasteiger partial charge in [0.25, 0.3) is 23.7 Å². The molecule has 4 aliphatic heterocycles. The summed E-state index contributed by atoms with van der Waals surface area (Å²) in [6.45, 7) is 11.9. The Morgan fingerprint density at radius 2 is 0.919 bits per heavy atom. The zero-order valence-electron chi connectivity index (χ0n) is 48.3. The number of benzene rings is 4. The highest BCUT2D eigenvalue weighted by atomic mass is 16.5. The summed E-state index contributed by atoms with van der Waals surface area (Å²) in [4.78, 5) is 97.3. The first-order valence-corrected chi connectivity index (χ1v) is 28.7. The van der Waals surface area contributed by atoms with Crippen molar-refractivity contribution in [3.63, 3.8) is 0 Å². The highest BCUT2D eigenvalue weighted by molar-refractivity contribution is 6.13. The fourth-order valence-electron chi connectivity index (χ4n) is 10.5. The number of likely N-dealkylation sites (tertiary alicyclic amines) is 1. The van der Waals surface area contributed by atoms with Gasteiger partial charge < -0.3 is 49.9 Å². The molecule has 1 unspecified atom stereocenters. The second-order valence-corrected chi connectivity index (χ2v) is 21.5. The van der Waals surface area contributed by atoms with E-state index < -0.39 is 12.1 Å². The Balaban J connectivity index is 0.912. The summed E-state index contributed by atoms with van der Waals surface area (Å²) in [5.74, 6) is 2.05. The van der Waals surface area contributed by atoms with Gasteiger partial charge in [-0.25, -0.2) is 19.0 Å². The van der Waals surface area contributed by atoms with E-state index in [0.717, 1.165) is 17.8 Å². The molecule has 4 aromatic heterocycles. The minimum absolute atomic E-state index is 0.117. The first kappa shape index (κ1) is 56.7. The third-order valence-corrected chi connectivity index (χ3v) is 15.3. The highest BCUT2D eigenvalue weighted by Gasteiger charge is 2.33. The van der Waals surface area contributed by atoms with Crippen LogP contribution in [0.3, 0.4) is 0 Å². The first-order chi connectivity index (χ1) is 41.9. The zero-order chi connectivity index (χ0) is 59.3. The van der Waals surface area contributed by atoms with E-state index in [2.05, 4.69) is 31.0 Å². The number of aryl methyl sites for hydroxylation is 2. The van der Waals surface area contributed by atoms with Gasteiger partial charge in [-0.05, 0) is 144 Å². The number of urea groups is 2. The predicted octanol–water partition coefficient (Wildman–Crippen LogP) is 5.57. The van der Waals surface area contributed by atoms with Gasteiger partial charge in [0, 0.05) is 118 Å². The molecule has 8 aromatic rings. The maximum atomic E-state index is 15.5. The number of anilines is 6. The normalized spacial score (nSPS) is 16.3. The Morgan fingerprint density at radius 3 is 1.36 bits per heavy atom. The van der Waals surface area contributed by atoms with Gasteiger partial charge in [0.1, 0.15) is 0 Å². The molecular weight excluding hydrogens is 1100 g/mol. The van der Waals surface area contributed by atoms with Crippen LogP contribution < -0.4 is 35.8 Å². The van der Waals surface area contributed by atoms with Gasteiger partial charge in [-0.2, -0.15) is 50.1 Å². The van der Waals surface area contributed by atoms with Crippen LogP contribution in [-0.4, -0.2) is 200 Å². The number of carbonyl (C=O) groups excluding carboxylic acids is 4. The molecule has 86 heavy (non-hydrogen) atoms. The Morgan fingerprint density at radius 1 is 0.500 bits per heavy atom. The number of likely N-dealkylation sites (N-methyl/N-ethyl adjacent to an activating group) is 1. The maximum absolute atomic E-state index is 15.5. The summed E-state index contributed by atoms with van der Waals surface area (Å²) in [7, 11) is 4.01. The van der Waals surface area contributed by atoms with Crippen LogP contribution in [0.5, 0.6) is 0 Å². The lowest BCUT2D eigenvalue weighted by Gasteiger charge is -2.35. The lowest BCUT2D eigenvalue weighted by atomic mass is 10.1. The number of rotatable bonds is 13. The molecule has 8 heterocycles. The molecule has 0 bridgehead atoms. The van der Waals surface area contributed by atoms with Crippen molar-refractivity contribution < 1.29 is 28.7 Å². The molecule has 26 heteroatoms. The molecule has 0 spiro atoms. The molecule has 0 aliphatic carbocycles. The molecule has 0 saturated carbocycles. The van der Waals surface area contributed by atoms with Crippen molar-refractivity contribution in [3.05, 3.63) is 144 Å². The molecule has 0 radical (unpaired) electrons. The number of morpholine rings is 2. The van der Waals surface area contributed by atoms with Crippen molar-refractivity contribution in [1.82, 2.24) is 69.5 Å². The number of hydrogen-bond acceptors (Lipinski definition) is 18. The number of carbonyl (C=O) groups is 4. The lowest BCUT2D eigenvalue weighted by Crippen LogP contribution is -2.54. The predicted molar refractivity (Wildman–Crippen MR) is 323 cm³/mol. The van der Waals surface area contributed by atoms with Crippen molar-refractivity contribution >= 4 is 58.5 Å². The second kappa shape index (κ2) is 25.2. The van der Waals surface area contributed by atoms with E-state index in [1.165, 1.54) is 10.0 Å². The molecule has 12 rings (SSSR count). The van der Waals surface area contributed by atoms with Crippen molar-refractivity contribution in [1.29, 1.82) is 0 Å². The largest absolute Gasteiger partial charge is 0.378 e. The molecule has 4 aromatic carbocycles. The molecule has 26 nitrogen and oxygen atoms in total. The minimum atomic E-state index is -0.739. The van der Waals surface area contributed by atoms with Crippen LogP contribution >= 0.6 is 0 Å². The van der Waals surface area contributed by atoms with Crippen molar-refractivity contribution in [2.75, 3.05) is 136 Å². The summed E-state index contributed by atoms with van der Waals surface area (Å²) in [5.41, 5.74) is 4.92. The Labute approximate surface area is 496 Å². The fourth-order valence-corrected chi connectivity index (χ4v) is 10.5. The van der Waals surface area contributed by atoms with Gasteiger partial charge in [-0.1, -0.05) is 0 Å². The third-order valence-electron chi connectivity index (χ3n) is 15.3. The molecule has 4 aliphatic rings. The molecule has 4 saturated heterocycles. The molecule has 1 atom stereocenters. The van der Waals surface area contributed by atoms with Gasteiger partial charge in [0.2, 0.25) is 11.9 Å². The number of aromatic nitrogens is 10. The summed E-state index contributed by atoms with van der Waals surface area (Å²) in [6, 6.07) is 29.7. The third kappa shape index (κ3) is 12.7. The Bertz CT molecular complexity index is 3710. The van der Waals surface area contributed by atoms with Crippen LogP contribution in [0, 0.1) is 13.8 Å². The number of amides is 6. The van der Waals surface area contributed by atoms with E-state index in [4.69, 9.17) is 39.4 Å². The van der Waals surface area contributed by atoms with Crippen molar-refractivity contribution in [3.8, 4) is 34.7 Å². The van der Waals surface area contributed by atoms with Crippen molar-refractivity contribution in [2.45, 2.75) is 26.3 Å². The topological polar surface area (TPSA) is 258 Å². The number of nitrogens with one attached hydrogen (secondary N) is 3. The van der Waals surface area contributed by atoms with Gasteiger partial charge in [-0.3, -0.25) is 9.59 Å². The highest BCUT2D eigenvalue weighted by Crippen LogP contribution is 2.31. The monoisotopic (exact) mass is 1160 g/mol. The van der Waals surface area contributed by atoms with Crippen LogP contribution in [0.15, 0.2) is 122 Å². The van der Waals surface area contributed by atoms with E-state index >= 15 is 9.59 Å². The summed E-state index contributed by atoms with van der Waals surface area (Å²) >= 11 is 0. The molecule has 442 valence electrons. The Hall–Kier alpha value is -9.76. The lowest BCUT2D eigenvalue weighted by molar-refractivity contribution is 0.0734. The zero-order valence-corrected chi connectivity index (χ0v) is 48.3. The number of nitrogens with zero attached hydrogens (tertiary/aromatic N) is 17. The van der Waals surface area contributed by atoms with E-state index in [0.29, 0.717) is 161 Å². The maximum Gasteiger partial charge on any atom is 0.345 e. The first-order valence-electron chi connectivity index (χ1n) is 28.7. The van der Waals surface area contributed by atoms with E-state index in [-0.39, 0.29) is 29.2 Å². The quantitative estimate of drug-likeness (QED) is 0.119. The Kier molecular flexibility index (Phi) is 16.6. The van der Waals surface area contributed by atoms with Crippen LogP contribution in [0.1, 0.15) is 38.5 Å².